The third kappa shape index (κ3) is 1.74. The monoisotopic (exact) mass is 209 g/mol. The molecule has 0 amide bonds. The Morgan fingerprint density at radius 2 is 2.40 bits per heavy atom. The Morgan fingerprint density at radius 3 is 3.07 bits per heavy atom. The van der Waals surface area contributed by atoms with Gasteiger partial charge in [-0.05, 0) is 14.0 Å². The summed E-state index contributed by atoms with van der Waals surface area (Å²) in [7, 11) is 2.03. The van der Waals surface area contributed by atoms with Gasteiger partial charge in [0.05, 0.1) is 11.6 Å². The smallest absolute Gasteiger partial charge is 0.312 e. The number of aromatic amines is 1. The molecule has 2 heterocycles. The van der Waals surface area contributed by atoms with Crippen molar-refractivity contribution in [3.05, 3.63) is 17.0 Å². The van der Waals surface area contributed by atoms with Crippen LogP contribution in [0.25, 0.3) is 0 Å². The average molecular weight is 209 g/mol. The van der Waals surface area contributed by atoms with Crippen LogP contribution in [0.15, 0.2) is 0 Å². The minimum Gasteiger partial charge on any atom is -0.481 e. The van der Waals surface area contributed by atoms with E-state index in [2.05, 4.69) is 15.1 Å². The third-order valence-electron chi connectivity index (χ3n) is 2.94. The maximum absolute atomic E-state index is 10.9. The normalized spacial score (nSPS) is 18.5. The van der Waals surface area contributed by atoms with Crippen molar-refractivity contribution in [3.63, 3.8) is 0 Å². The number of nitrogens with zero attached hydrogens (tertiary/aromatic N) is 2. The number of hydrogen-bond donors (Lipinski definition) is 2. The van der Waals surface area contributed by atoms with Crippen LogP contribution < -0.4 is 0 Å². The van der Waals surface area contributed by atoms with E-state index < -0.39 is 11.9 Å². The van der Waals surface area contributed by atoms with Crippen molar-refractivity contribution in [1.29, 1.82) is 0 Å². The van der Waals surface area contributed by atoms with Gasteiger partial charge in [-0.25, -0.2) is 0 Å². The fraction of sp³-hybridized carbons (Fsp3) is 0.600. The first-order chi connectivity index (χ1) is 7.09. The Labute approximate surface area is 88.1 Å². The number of fused-ring (bicyclic) bond motifs is 1. The van der Waals surface area contributed by atoms with Crippen LogP contribution >= 0.6 is 0 Å². The van der Waals surface area contributed by atoms with E-state index >= 15 is 0 Å². The molecule has 0 bridgehead atoms. The molecule has 82 valence electrons. The highest BCUT2D eigenvalue weighted by molar-refractivity contribution is 5.75. The lowest BCUT2D eigenvalue weighted by Crippen LogP contribution is -2.27. The van der Waals surface area contributed by atoms with Crippen molar-refractivity contribution in [2.75, 3.05) is 13.6 Å². The van der Waals surface area contributed by atoms with Gasteiger partial charge in [0.2, 0.25) is 0 Å². The van der Waals surface area contributed by atoms with Crippen molar-refractivity contribution in [2.45, 2.75) is 25.8 Å². The largest absolute Gasteiger partial charge is 0.481 e. The third-order valence-corrected chi connectivity index (χ3v) is 2.94. The molecule has 1 aromatic heterocycles. The van der Waals surface area contributed by atoms with Crippen LogP contribution in [0, 0.1) is 0 Å². The summed E-state index contributed by atoms with van der Waals surface area (Å²) in [6.45, 7) is 3.46. The first kappa shape index (κ1) is 10.2. The molecule has 1 atom stereocenters. The Morgan fingerprint density at radius 1 is 1.67 bits per heavy atom. The fourth-order valence-corrected chi connectivity index (χ4v) is 1.93. The molecule has 1 aliphatic rings. The summed E-state index contributed by atoms with van der Waals surface area (Å²) >= 11 is 0. The molecule has 15 heavy (non-hydrogen) atoms. The van der Waals surface area contributed by atoms with Gasteiger partial charge in [0.25, 0.3) is 0 Å². The Balaban J connectivity index is 2.34. The summed E-state index contributed by atoms with van der Waals surface area (Å²) in [5.74, 6) is -1.35. The topological polar surface area (TPSA) is 69.2 Å². The van der Waals surface area contributed by atoms with Gasteiger partial charge in [-0.15, -0.1) is 0 Å². The minimum atomic E-state index is -0.822. The zero-order valence-electron chi connectivity index (χ0n) is 8.95. The van der Waals surface area contributed by atoms with Crippen LogP contribution in [0.3, 0.4) is 0 Å². The number of carboxylic acids is 1. The van der Waals surface area contributed by atoms with E-state index in [0.29, 0.717) is 5.69 Å². The molecule has 0 aliphatic carbocycles. The van der Waals surface area contributed by atoms with E-state index in [1.54, 1.807) is 6.92 Å². The van der Waals surface area contributed by atoms with Crippen molar-refractivity contribution < 1.29 is 9.90 Å². The number of hydrogen-bond acceptors (Lipinski definition) is 3. The number of carbonyl (C=O) groups is 1. The van der Waals surface area contributed by atoms with Gasteiger partial charge in [-0.3, -0.25) is 9.89 Å². The summed E-state index contributed by atoms with van der Waals surface area (Å²) in [5.41, 5.74) is 2.85. The van der Waals surface area contributed by atoms with Crippen molar-refractivity contribution in [2.24, 2.45) is 0 Å². The van der Waals surface area contributed by atoms with Gasteiger partial charge >= 0.3 is 5.97 Å². The maximum atomic E-state index is 10.9. The lowest BCUT2D eigenvalue weighted by molar-refractivity contribution is -0.138. The zero-order chi connectivity index (χ0) is 11.0. The molecular weight excluding hydrogens is 194 g/mol. The second-order valence-electron chi connectivity index (χ2n) is 4.11. The Bertz CT molecular complexity index is 386. The second kappa shape index (κ2) is 3.66. The quantitative estimate of drug-likeness (QED) is 0.747. The van der Waals surface area contributed by atoms with E-state index in [4.69, 9.17) is 5.11 Å². The molecule has 0 saturated heterocycles. The van der Waals surface area contributed by atoms with Crippen LogP contribution in [0.2, 0.25) is 0 Å². The second-order valence-corrected chi connectivity index (χ2v) is 4.11. The number of aliphatic carboxylic acids is 1. The molecule has 0 radical (unpaired) electrons. The summed E-state index contributed by atoms with van der Waals surface area (Å²) in [6.07, 6.45) is 0.922. The predicted molar refractivity (Wildman–Crippen MR) is 54.7 cm³/mol. The van der Waals surface area contributed by atoms with E-state index in [0.717, 1.165) is 30.8 Å². The highest BCUT2D eigenvalue weighted by atomic mass is 16.4. The average Bonchev–Trinajstić information content (AvgIpc) is 2.59. The number of carboxylic acid groups (broad SMARTS) is 1. The van der Waals surface area contributed by atoms with Crippen LogP contribution in [-0.4, -0.2) is 39.8 Å². The number of aromatic nitrogens is 2. The van der Waals surface area contributed by atoms with Crippen molar-refractivity contribution in [3.8, 4) is 0 Å². The highest BCUT2D eigenvalue weighted by Gasteiger charge is 2.26. The van der Waals surface area contributed by atoms with Crippen molar-refractivity contribution >= 4 is 5.97 Å². The molecule has 5 nitrogen and oxygen atoms in total. The molecule has 2 rings (SSSR count). The van der Waals surface area contributed by atoms with E-state index in [1.165, 1.54) is 0 Å². The standard InChI is InChI=1S/C10H15N3O2/c1-6(10(14)15)9-7-5-13(2)4-3-8(7)11-12-9/h6H,3-5H2,1-2H3,(H,11,12)(H,14,15). The van der Waals surface area contributed by atoms with Gasteiger partial charge in [-0.2, -0.15) is 5.10 Å². The molecule has 1 aliphatic heterocycles. The molecule has 2 N–H and O–H groups in total. The van der Waals surface area contributed by atoms with E-state index in [1.807, 2.05) is 7.05 Å². The molecule has 1 unspecified atom stereocenters. The molecule has 1 aromatic rings. The fourth-order valence-electron chi connectivity index (χ4n) is 1.93. The molecule has 0 spiro atoms. The molecular formula is C10H15N3O2. The van der Waals surface area contributed by atoms with Crippen LogP contribution in [0.4, 0.5) is 0 Å². The summed E-state index contributed by atoms with van der Waals surface area (Å²) in [4.78, 5) is 13.1. The Hall–Kier alpha value is -1.36. The van der Waals surface area contributed by atoms with Crippen LogP contribution in [-0.2, 0) is 17.8 Å². The lowest BCUT2D eigenvalue weighted by Gasteiger charge is -2.22. The summed E-state index contributed by atoms with van der Waals surface area (Å²) in [6, 6.07) is 0. The van der Waals surface area contributed by atoms with Crippen LogP contribution in [0.5, 0.6) is 0 Å². The first-order valence-electron chi connectivity index (χ1n) is 5.07. The molecule has 5 heteroatoms. The number of nitrogens with one attached hydrogen (secondary N) is 1. The first-order valence-corrected chi connectivity index (χ1v) is 5.07. The van der Waals surface area contributed by atoms with E-state index in [9.17, 15) is 4.79 Å². The SMILES string of the molecule is CC(C(=O)O)c1n[nH]c2c1CN(C)CC2. The van der Waals surface area contributed by atoms with Gasteiger partial charge < -0.3 is 10.0 Å². The zero-order valence-corrected chi connectivity index (χ0v) is 8.95. The van der Waals surface area contributed by atoms with Gasteiger partial charge in [0, 0.05) is 30.8 Å². The summed E-state index contributed by atoms with van der Waals surface area (Å²) in [5, 5.41) is 16.0. The number of H-pyrrole nitrogens is 1. The van der Waals surface area contributed by atoms with Gasteiger partial charge in [0.15, 0.2) is 0 Å². The number of rotatable bonds is 2. The van der Waals surface area contributed by atoms with Crippen LogP contribution in [0.1, 0.15) is 29.8 Å². The van der Waals surface area contributed by atoms with E-state index in [-0.39, 0.29) is 0 Å². The minimum absolute atomic E-state index is 0.531. The van der Waals surface area contributed by atoms with Gasteiger partial charge in [-0.1, -0.05) is 0 Å². The number of likely N-dealkylation sites (N-methyl/N-ethyl adjacent to an activating group) is 1. The highest BCUT2D eigenvalue weighted by Crippen LogP contribution is 2.25. The lowest BCUT2D eigenvalue weighted by atomic mass is 9.99. The Kier molecular flexibility index (Phi) is 2.48. The van der Waals surface area contributed by atoms with Crippen molar-refractivity contribution in [1.82, 2.24) is 15.1 Å². The maximum Gasteiger partial charge on any atom is 0.312 e. The van der Waals surface area contributed by atoms with Gasteiger partial charge in [0.1, 0.15) is 0 Å². The summed E-state index contributed by atoms with van der Waals surface area (Å²) < 4.78 is 0. The molecule has 0 saturated carbocycles. The molecule has 0 aromatic carbocycles. The predicted octanol–water partition coefficient (Wildman–Crippen LogP) is 0.586. The molecule has 0 fully saturated rings.